The second-order valence-corrected chi connectivity index (χ2v) is 11.9. The Morgan fingerprint density at radius 2 is 1.85 bits per heavy atom. The summed E-state index contributed by atoms with van der Waals surface area (Å²) in [6.45, 7) is 5.22. The number of phosphoric ester groups is 1. The third-order valence-electron chi connectivity index (χ3n) is 5.79. The fourth-order valence-electron chi connectivity index (χ4n) is 3.90. The number of carbonyl (C=O) groups excluding carboxylic acids is 2. The Bertz CT molecular complexity index is 1470. The zero-order chi connectivity index (χ0) is 30.5. The van der Waals surface area contributed by atoms with Gasteiger partial charge in [-0.1, -0.05) is 44.5 Å². The number of anilines is 1. The molecule has 1 aromatic heterocycles. The van der Waals surface area contributed by atoms with Crippen LogP contribution < -0.4 is 10.6 Å². The highest BCUT2D eigenvalue weighted by Crippen LogP contribution is 2.40. The third-order valence-corrected chi connectivity index (χ3v) is 6.70. The van der Waals surface area contributed by atoms with Crippen molar-refractivity contribution in [3.05, 3.63) is 70.9 Å². The minimum atomic E-state index is -5.24. The molecule has 0 radical (unpaired) electrons. The largest absolute Gasteiger partial charge is 0.472 e. The number of hydrogen-bond acceptors (Lipinski definition) is 6. The van der Waals surface area contributed by atoms with Gasteiger partial charge in [-0.3, -0.25) is 5.32 Å². The van der Waals surface area contributed by atoms with Crippen molar-refractivity contribution < 1.29 is 42.0 Å². The van der Waals surface area contributed by atoms with E-state index >= 15 is 0 Å². The van der Waals surface area contributed by atoms with E-state index in [0.29, 0.717) is 16.3 Å². The summed E-state index contributed by atoms with van der Waals surface area (Å²) in [5.74, 6) is -1.20. The van der Waals surface area contributed by atoms with Crippen molar-refractivity contribution >= 4 is 48.1 Å². The number of aromatic nitrogens is 1. The lowest BCUT2D eigenvalue weighted by atomic mass is 9.87. The Hall–Kier alpha value is -3.35. The molecule has 222 valence electrons. The molecule has 3 aromatic rings. The molecule has 0 aliphatic rings. The lowest BCUT2D eigenvalue weighted by Crippen LogP contribution is -2.52. The summed E-state index contributed by atoms with van der Waals surface area (Å²) in [5.41, 5.74) is -0.257. The van der Waals surface area contributed by atoms with E-state index in [1.807, 2.05) is 0 Å². The Morgan fingerprint density at radius 3 is 2.51 bits per heavy atom. The Balaban J connectivity index is 1.83. The van der Waals surface area contributed by atoms with Crippen molar-refractivity contribution in [1.29, 1.82) is 0 Å². The maximum Gasteiger partial charge on any atom is 0.472 e. The predicted octanol–water partition coefficient (Wildman–Crippen LogP) is 5.80. The molecular formula is C26H30ClF2N4O7P. The SMILES string of the molecule is CN(C(=O)NCc1cccc(F)c1Cl)C(CC(C)(C)C)C(OC(=O)Nc1cc2cc(F)ccc2cn1)OP(=O)(O)O. The molecule has 0 spiro atoms. The second-order valence-electron chi connectivity index (χ2n) is 10.4. The van der Waals surface area contributed by atoms with Crippen LogP contribution in [0.3, 0.4) is 0 Å². The molecule has 2 atom stereocenters. The first kappa shape index (κ1) is 32.2. The molecule has 41 heavy (non-hydrogen) atoms. The first-order valence-corrected chi connectivity index (χ1v) is 14.1. The number of carbonyl (C=O) groups is 2. The zero-order valence-corrected chi connectivity index (χ0v) is 24.2. The number of hydrogen-bond donors (Lipinski definition) is 4. The van der Waals surface area contributed by atoms with Gasteiger partial charge in [0.25, 0.3) is 0 Å². The average molecular weight is 615 g/mol. The Morgan fingerprint density at radius 1 is 1.15 bits per heavy atom. The first-order valence-electron chi connectivity index (χ1n) is 12.2. The van der Waals surface area contributed by atoms with Crippen LogP contribution in [0, 0.1) is 17.0 Å². The average Bonchev–Trinajstić information content (AvgIpc) is 2.85. The van der Waals surface area contributed by atoms with E-state index in [1.54, 1.807) is 20.8 Å². The van der Waals surface area contributed by atoms with E-state index in [1.165, 1.54) is 49.6 Å². The van der Waals surface area contributed by atoms with Gasteiger partial charge in [0.1, 0.15) is 17.5 Å². The van der Waals surface area contributed by atoms with Crippen LogP contribution in [0.1, 0.15) is 32.8 Å². The topological polar surface area (TPSA) is 150 Å². The summed E-state index contributed by atoms with van der Waals surface area (Å²) in [4.78, 5) is 50.1. The predicted molar refractivity (Wildman–Crippen MR) is 148 cm³/mol. The van der Waals surface area contributed by atoms with Crippen molar-refractivity contribution in [2.75, 3.05) is 12.4 Å². The van der Waals surface area contributed by atoms with Gasteiger partial charge in [0.05, 0.1) is 11.1 Å². The van der Waals surface area contributed by atoms with E-state index in [9.17, 15) is 32.7 Å². The quantitative estimate of drug-likeness (QED) is 0.175. The van der Waals surface area contributed by atoms with Gasteiger partial charge < -0.3 is 24.7 Å². The van der Waals surface area contributed by atoms with Gasteiger partial charge in [0.2, 0.25) is 6.29 Å². The van der Waals surface area contributed by atoms with Gasteiger partial charge in [0.15, 0.2) is 0 Å². The highest BCUT2D eigenvalue weighted by atomic mass is 35.5. The number of urea groups is 1. The van der Waals surface area contributed by atoms with Gasteiger partial charge in [0, 0.05) is 25.2 Å². The summed E-state index contributed by atoms with van der Waals surface area (Å²) in [6.07, 6.45) is -1.70. The van der Waals surface area contributed by atoms with E-state index in [0.717, 1.165) is 11.0 Å². The van der Waals surface area contributed by atoms with Crippen LogP contribution in [-0.4, -0.2) is 51.2 Å². The molecule has 0 bridgehead atoms. The molecule has 3 rings (SSSR count). The summed E-state index contributed by atoms with van der Waals surface area (Å²) in [6, 6.07) is 7.51. The fraction of sp³-hybridized carbons (Fsp3) is 0.346. The number of ether oxygens (including phenoxy) is 1. The maximum atomic E-state index is 13.8. The van der Waals surface area contributed by atoms with Gasteiger partial charge in [-0.15, -0.1) is 0 Å². The summed E-state index contributed by atoms with van der Waals surface area (Å²) in [5, 5.41) is 5.73. The number of nitrogens with one attached hydrogen (secondary N) is 2. The van der Waals surface area contributed by atoms with Crippen LogP contribution in [0.15, 0.2) is 48.7 Å². The van der Waals surface area contributed by atoms with Crippen LogP contribution in [0.2, 0.25) is 5.02 Å². The number of rotatable bonds is 9. The zero-order valence-electron chi connectivity index (χ0n) is 22.6. The van der Waals surface area contributed by atoms with Crippen LogP contribution in [0.4, 0.5) is 24.2 Å². The standard InChI is InChI=1S/C26H30ClF2N4O7P/c1-26(2,3)12-20(33(4)24(34)31-14-16-6-5-7-19(29)22(16)27)23(40-41(36,37)38)39-25(35)32-21-11-17-10-18(28)9-8-15(17)13-30-21/h5-11,13,20,23H,12,14H2,1-4H3,(H,31,34)(H,30,32,35)(H2,36,37,38). The minimum absolute atomic E-state index is 0.0338. The second kappa shape index (κ2) is 13.1. The molecule has 0 aliphatic carbocycles. The molecule has 2 unspecified atom stereocenters. The number of likely N-dealkylation sites (N-methyl/N-ethyl adjacent to an activating group) is 1. The van der Waals surface area contributed by atoms with Crippen molar-refractivity contribution in [3.63, 3.8) is 0 Å². The molecule has 0 saturated heterocycles. The number of halogens is 3. The lowest BCUT2D eigenvalue weighted by Gasteiger charge is -2.37. The first-order chi connectivity index (χ1) is 19.0. The van der Waals surface area contributed by atoms with Crippen LogP contribution in [0.5, 0.6) is 0 Å². The maximum absolute atomic E-state index is 13.8. The van der Waals surface area contributed by atoms with Gasteiger partial charge >= 0.3 is 19.9 Å². The monoisotopic (exact) mass is 614 g/mol. The highest BCUT2D eigenvalue weighted by Gasteiger charge is 2.39. The van der Waals surface area contributed by atoms with Crippen LogP contribution in [-0.2, 0) is 20.4 Å². The third kappa shape index (κ3) is 9.61. The van der Waals surface area contributed by atoms with E-state index in [2.05, 4.69) is 15.6 Å². The van der Waals surface area contributed by atoms with Gasteiger partial charge in [-0.2, -0.15) is 0 Å². The Labute approximate surface area is 240 Å². The minimum Gasteiger partial charge on any atom is -0.416 e. The molecule has 3 amide bonds. The number of phosphoric acid groups is 1. The van der Waals surface area contributed by atoms with Gasteiger partial charge in [-0.05, 0) is 53.1 Å². The van der Waals surface area contributed by atoms with Crippen molar-refractivity contribution in [1.82, 2.24) is 15.2 Å². The van der Waals surface area contributed by atoms with E-state index in [4.69, 9.17) is 20.9 Å². The van der Waals surface area contributed by atoms with E-state index < -0.39 is 49.3 Å². The molecule has 11 nitrogen and oxygen atoms in total. The molecular weight excluding hydrogens is 585 g/mol. The number of amides is 3. The molecule has 4 N–H and O–H groups in total. The molecule has 0 aliphatic heterocycles. The number of nitrogens with zero attached hydrogens (tertiary/aromatic N) is 2. The summed E-state index contributed by atoms with van der Waals surface area (Å²) < 4.78 is 49.4. The smallest absolute Gasteiger partial charge is 0.416 e. The number of pyridine rings is 1. The summed E-state index contributed by atoms with van der Waals surface area (Å²) in [7, 11) is -3.93. The van der Waals surface area contributed by atoms with Crippen LogP contribution >= 0.6 is 19.4 Å². The van der Waals surface area contributed by atoms with Crippen LogP contribution in [0.25, 0.3) is 10.8 Å². The number of benzene rings is 2. The fourth-order valence-corrected chi connectivity index (χ4v) is 4.55. The highest BCUT2D eigenvalue weighted by molar-refractivity contribution is 7.46. The molecule has 15 heteroatoms. The van der Waals surface area contributed by atoms with Crippen molar-refractivity contribution in [3.8, 4) is 0 Å². The van der Waals surface area contributed by atoms with Crippen molar-refractivity contribution in [2.24, 2.45) is 5.41 Å². The molecule has 0 saturated carbocycles. The Kier molecular flexibility index (Phi) is 10.3. The molecule has 1 heterocycles. The van der Waals surface area contributed by atoms with Gasteiger partial charge in [-0.25, -0.2) is 32.4 Å². The molecule has 0 fully saturated rings. The summed E-state index contributed by atoms with van der Waals surface area (Å²) >= 11 is 5.96. The van der Waals surface area contributed by atoms with E-state index in [-0.39, 0.29) is 23.8 Å². The normalized spacial score (nSPS) is 13.4. The molecule has 2 aromatic carbocycles. The lowest BCUT2D eigenvalue weighted by molar-refractivity contribution is -0.0917. The van der Waals surface area contributed by atoms with Crippen molar-refractivity contribution in [2.45, 2.75) is 46.1 Å². The number of fused-ring (bicyclic) bond motifs is 1.